The van der Waals surface area contributed by atoms with Crippen LogP contribution < -0.4 is 5.32 Å². The van der Waals surface area contributed by atoms with Crippen molar-refractivity contribution in [3.8, 4) is 0 Å². The number of nitrogens with one attached hydrogen (secondary N) is 1. The van der Waals surface area contributed by atoms with Crippen LogP contribution in [0, 0.1) is 5.92 Å². The summed E-state index contributed by atoms with van der Waals surface area (Å²) >= 11 is 0. The molecule has 0 aromatic rings. The van der Waals surface area contributed by atoms with E-state index in [9.17, 15) is 9.59 Å². The molecule has 0 bridgehead atoms. The van der Waals surface area contributed by atoms with Crippen LogP contribution in [0.15, 0.2) is 0 Å². The second-order valence-electron chi connectivity index (χ2n) is 3.23. The van der Waals surface area contributed by atoms with E-state index in [1.807, 2.05) is 0 Å². The molecule has 0 saturated carbocycles. The van der Waals surface area contributed by atoms with Gasteiger partial charge in [-0.1, -0.05) is 13.8 Å². The van der Waals surface area contributed by atoms with Crippen molar-refractivity contribution in [3.63, 3.8) is 0 Å². The Labute approximate surface area is 71.9 Å². The minimum Gasteiger partial charge on any atom is -0.338 e. The van der Waals surface area contributed by atoms with Crippen LogP contribution in [0.2, 0.25) is 0 Å². The lowest BCUT2D eigenvalue weighted by Gasteiger charge is -2.26. The number of hydrogen-bond donors (Lipinski definition) is 1. The third kappa shape index (κ3) is 1.75. The van der Waals surface area contributed by atoms with Crippen molar-refractivity contribution in [2.45, 2.75) is 20.3 Å². The van der Waals surface area contributed by atoms with Crippen molar-refractivity contribution < 1.29 is 9.59 Å². The summed E-state index contributed by atoms with van der Waals surface area (Å²) in [6.45, 7) is 4.83. The van der Waals surface area contributed by atoms with Gasteiger partial charge in [0, 0.05) is 19.0 Å². The highest BCUT2D eigenvalue weighted by molar-refractivity contribution is 5.95. The predicted octanol–water partition coefficient (Wildman–Crippen LogP) is 0.584. The second kappa shape index (κ2) is 3.56. The van der Waals surface area contributed by atoms with Gasteiger partial charge in [0.25, 0.3) is 0 Å². The van der Waals surface area contributed by atoms with Crippen molar-refractivity contribution in [3.05, 3.63) is 0 Å². The van der Waals surface area contributed by atoms with E-state index in [0.717, 1.165) is 6.42 Å². The lowest BCUT2D eigenvalue weighted by molar-refractivity contribution is -0.131. The maximum atomic E-state index is 11.4. The third-order valence-corrected chi connectivity index (χ3v) is 1.84. The molecular formula is C8H14N2O2. The minimum absolute atomic E-state index is 0.0906. The summed E-state index contributed by atoms with van der Waals surface area (Å²) in [6, 6.07) is -0.250. The fourth-order valence-corrected chi connectivity index (χ4v) is 1.15. The van der Waals surface area contributed by atoms with Gasteiger partial charge in [0.05, 0.1) is 0 Å². The quantitative estimate of drug-likeness (QED) is 0.626. The largest absolute Gasteiger partial charge is 0.338 e. The van der Waals surface area contributed by atoms with E-state index in [2.05, 4.69) is 5.32 Å². The number of rotatable bonds is 1. The summed E-state index contributed by atoms with van der Waals surface area (Å²) in [6.07, 6.45) is 0.851. The van der Waals surface area contributed by atoms with Crippen molar-refractivity contribution in [2.75, 3.05) is 13.1 Å². The summed E-state index contributed by atoms with van der Waals surface area (Å²) in [5.74, 6) is -0.193. The van der Waals surface area contributed by atoms with E-state index < -0.39 is 0 Å². The molecule has 0 atom stereocenters. The topological polar surface area (TPSA) is 49.4 Å². The molecule has 1 fully saturated rings. The zero-order valence-electron chi connectivity index (χ0n) is 7.46. The molecule has 0 aliphatic carbocycles. The molecule has 0 unspecified atom stereocenters. The lowest BCUT2D eigenvalue weighted by Crippen LogP contribution is -2.50. The number of urea groups is 1. The molecule has 4 heteroatoms. The van der Waals surface area contributed by atoms with Gasteiger partial charge in [-0.15, -0.1) is 0 Å². The summed E-state index contributed by atoms with van der Waals surface area (Å²) in [7, 11) is 0. The Bertz CT molecular complexity index is 201. The average Bonchev–Trinajstić information content (AvgIpc) is 2.04. The maximum absolute atomic E-state index is 11.4. The van der Waals surface area contributed by atoms with E-state index in [1.54, 1.807) is 13.8 Å². The lowest BCUT2D eigenvalue weighted by atomic mass is 10.2. The van der Waals surface area contributed by atoms with Gasteiger partial charge in [-0.3, -0.25) is 9.69 Å². The first-order valence-electron chi connectivity index (χ1n) is 4.22. The fraction of sp³-hybridized carbons (Fsp3) is 0.750. The molecule has 1 saturated heterocycles. The Kier molecular flexibility index (Phi) is 2.68. The summed E-state index contributed by atoms with van der Waals surface area (Å²) in [5, 5.41) is 2.63. The number of hydrogen-bond acceptors (Lipinski definition) is 2. The van der Waals surface area contributed by atoms with Crippen LogP contribution in [0.25, 0.3) is 0 Å². The van der Waals surface area contributed by atoms with Gasteiger partial charge in [0.2, 0.25) is 5.91 Å². The Hall–Kier alpha value is -1.06. The monoisotopic (exact) mass is 170 g/mol. The van der Waals surface area contributed by atoms with Crippen LogP contribution in [0.4, 0.5) is 4.79 Å². The maximum Gasteiger partial charge on any atom is 0.324 e. The van der Waals surface area contributed by atoms with Crippen molar-refractivity contribution >= 4 is 11.9 Å². The Morgan fingerprint density at radius 1 is 1.58 bits per heavy atom. The summed E-state index contributed by atoms with van der Waals surface area (Å²) < 4.78 is 0. The molecule has 0 spiro atoms. The summed E-state index contributed by atoms with van der Waals surface area (Å²) in [4.78, 5) is 23.8. The normalized spacial score (nSPS) is 17.9. The zero-order valence-corrected chi connectivity index (χ0v) is 7.46. The standard InChI is InChI=1S/C8H14N2O2/c1-6(2)7(11)10-5-3-4-9-8(10)12/h6H,3-5H2,1-2H3,(H,9,12). The number of carbonyl (C=O) groups excluding carboxylic acids is 2. The Morgan fingerprint density at radius 2 is 2.25 bits per heavy atom. The first-order chi connectivity index (χ1) is 5.63. The average molecular weight is 170 g/mol. The first kappa shape index (κ1) is 9.03. The molecule has 0 aromatic heterocycles. The molecule has 1 aliphatic heterocycles. The molecule has 1 heterocycles. The molecule has 68 valence electrons. The van der Waals surface area contributed by atoms with Crippen LogP contribution in [0.1, 0.15) is 20.3 Å². The van der Waals surface area contributed by atoms with Gasteiger partial charge >= 0.3 is 6.03 Å². The molecule has 3 amide bonds. The Balaban J connectivity index is 2.60. The SMILES string of the molecule is CC(C)C(=O)N1CCCNC1=O. The van der Waals surface area contributed by atoms with Gasteiger partial charge in [-0.25, -0.2) is 4.79 Å². The van der Waals surface area contributed by atoms with E-state index in [-0.39, 0.29) is 17.9 Å². The van der Waals surface area contributed by atoms with E-state index in [4.69, 9.17) is 0 Å². The van der Waals surface area contributed by atoms with Crippen molar-refractivity contribution in [1.29, 1.82) is 0 Å². The van der Waals surface area contributed by atoms with E-state index in [0.29, 0.717) is 13.1 Å². The first-order valence-corrected chi connectivity index (χ1v) is 4.22. The highest BCUT2D eigenvalue weighted by Crippen LogP contribution is 2.05. The zero-order chi connectivity index (χ0) is 9.14. The molecule has 1 rings (SSSR count). The van der Waals surface area contributed by atoms with Gasteiger partial charge in [0.1, 0.15) is 0 Å². The van der Waals surface area contributed by atoms with Gasteiger partial charge < -0.3 is 5.32 Å². The van der Waals surface area contributed by atoms with Crippen LogP contribution in [0.5, 0.6) is 0 Å². The van der Waals surface area contributed by atoms with Crippen LogP contribution in [-0.4, -0.2) is 29.9 Å². The fourth-order valence-electron chi connectivity index (χ4n) is 1.15. The highest BCUT2D eigenvalue weighted by atomic mass is 16.2. The number of carbonyl (C=O) groups is 2. The smallest absolute Gasteiger partial charge is 0.324 e. The third-order valence-electron chi connectivity index (χ3n) is 1.84. The van der Waals surface area contributed by atoms with Gasteiger partial charge in [-0.05, 0) is 6.42 Å². The molecule has 1 N–H and O–H groups in total. The highest BCUT2D eigenvalue weighted by Gasteiger charge is 2.25. The number of imide groups is 1. The van der Waals surface area contributed by atoms with Crippen molar-refractivity contribution in [2.24, 2.45) is 5.92 Å². The minimum atomic E-state index is -0.250. The van der Waals surface area contributed by atoms with Crippen LogP contribution in [0.3, 0.4) is 0 Å². The summed E-state index contributed by atoms with van der Waals surface area (Å²) in [5.41, 5.74) is 0. The van der Waals surface area contributed by atoms with Gasteiger partial charge in [0.15, 0.2) is 0 Å². The molecule has 0 aromatic carbocycles. The molecule has 1 aliphatic rings. The second-order valence-corrected chi connectivity index (χ2v) is 3.23. The van der Waals surface area contributed by atoms with E-state index >= 15 is 0 Å². The molecule has 4 nitrogen and oxygen atoms in total. The predicted molar refractivity (Wildman–Crippen MR) is 44.6 cm³/mol. The van der Waals surface area contributed by atoms with Crippen LogP contribution in [-0.2, 0) is 4.79 Å². The molecular weight excluding hydrogens is 156 g/mol. The van der Waals surface area contributed by atoms with Crippen molar-refractivity contribution in [1.82, 2.24) is 10.2 Å². The van der Waals surface area contributed by atoms with E-state index in [1.165, 1.54) is 4.90 Å². The number of nitrogens with zero attached hydrogens (tertiary/aromatic N) is 1. The Morgan fingerprint density at radius 3 is 2.75 bits per heavy atom. The number of amides is 3. The molecule has 0 radical (unpaired) electrons. The molecule has 12 heavy (non-hydrogen) atoms. The van der Waals surface area contributed by atoms with Crippen LogP contribution >= 0.6 is 0 Å². The van der Waals surface area contributed by atoms with Gasteiger partial charge in [-0.2, -0.15) is 0 Å².